The van der Waals surface area contributed by atoms with Gasteiger partial charge in [0.05, 0.1) is 13.3 Å². The van der Waals surface area contributed by atoms with Crippen molar-refractivity contribution in [2.24, 2.45) is 11.8 Å². The number of anilines is 1. The number of hydrogen-bond donors (Lipinski definition) is 1. The largest absolute Gasteiger partial charge is 0.496 e. The molecule has 0 spiro atoms. The molecule has 1 N–H and O–H groups in total. The van der Waals surface area contributed by atoms with Gasteiger partial charge in [-0.05, 0) is 133 Å². The van der Waals surface area contributed by atoms with Crippen molar-refractivity contribution in [3.8, 4) is 16.9 Å². The van der Waals surface area contributed by atoms with E-state index in [2.05, 4.69) is 84.7 Å². The molecular weight excluding hydrogens is 576 g/mol. The van der Waals surface area contributed by atoms with Gasteiger partial charge in [-0.1, -0.05) is 24.3 Å². The van der Waals surface area contributed by atoms with Gasteiger partial charge in [-0.3, -0.25) is 9.48 Å². The van der Waals surface area contributed by atoms with Gasteiger partial charge in [-0.15, -0.1) is 0 Å². The maximum absolute atomic E-state index is 14.3. The predicted molar refractivity (Wildman–Crippen MR) is 183 cm³/mol. The third-order valence-electron chi connectivity index (χ3n) is 9.77. The van der Waals surface area contributed by atoms with E-state index in [1.165, 1.54) is 11.1 Å². The average molecular weight is 629 g/mol. The fraction of sp³-hybridized carbons (Fsp3) is 0.553. The second-order valence-electron chi connectivity index (χ2n) is 13.9. The molecule has 1 heterocycles. The molecule has 2 aliphatic carbocycles. The Labute approximate surface area is 274 Å². The summed E-state index contributed by atoms with van der Waals surface area (Å²) in [5, 5.41) is 7.36. The van der Waals surface area contributed by atoms with Gasteiger partial charge in [-0.25, -0.2) is 4.79 Å². The number of aromatic nitrogens is 2. The number of hydrogen-bond acceptors (Lipinski definition) is 5. The van der Waals surface area contributed by atoms with Gasteiger partial charge >= 0.3 is 6.09 Å². The van der Waals surface area contributed by atoms with Crippen molar-refractivity contribution in [3.63, 3.8) is 0 Å². The molecule has 2 amide bonds. The lowest BCUT2D eigenvalue weighted by Crippen LogP contribution is -2.42. The lowest BCUT2D eigenvalue weighted by Gasteiger charge is -2.36. The Kier molecular flexibility index (Phi) is 11.1. The Balaban J connectivity index is 1.30. The van der Waals surface area contributed by atoms with E-state index in [0.29, 0.717) is 24.7 Å². The number of rotatable bonds is 10. The molecule has 8 heteroatoms. The minimum Gasteiger partial charge on any atom is -0.496 e. The first kappa shape index (κ1) is 33.6. The van der Waals surface area contributed by atoms with Crippen molar-refractivity contribution in [1.29, 1.82) is 0 Å². The van der Waals surface area contributed by atoms with Gasteiger partial charge in [0.25, 0.3) is 0 Å². The van der Waals surface area contributed by atoms with Gasteiger partial charge in [0.1, 0.15) is 11.9 Å². The topological polar surface area (TPSA) is 85.7 Å². The summed E-state index contributed by atoms with van der Waals surface area (Å²) in [4.78, 5) is 28.6. The van der Waals surface area contributed by atoms with Crippen LogP contribution in [-0.4, -0.2) is 47.6 Å². The van der Waals surface area contributed by atoms with Crippen LogP contribution in [0.2, 0.25) is 0 Å². The van der Waals surface area contributed by atoms with Crippen LogP contribution < -0.4 is 15.0 Å². The Morgan fingerprint density at radius 1 is 0.957 bits per heavy atom. The summed E-state index contributed by atoms with van der Waals surface area (Å²) in [5.41, 5.74) is 5.63. The molecule has 3 aromatic rings. The molecular formula is C38H52N4O4. The highest BCUT2D eigenvalue weighted by molar-refractivity contribution is 5.95. The zero-order valence-electron chi connectivity index (χ0n) is 28.5. The number of nitrogens with one attached hydrogen (secondary N) is 1. The van der Waals surface area contributed by atoms with Crippen LogP contribution in [0.25, 0.3) is 11.1 Å². The van der Waals surface area contributed by atoms with Gasteiger partial charge in [0.2, 0.25) is 5.91 Å². The highest BCUT2D eigenvalue weighted by Crippen LogP contribution is 2.39. The summed E-state index contributed by atoms with van der Waals surface area (Å²) in [5.74, 6) is 2.01. The van der Waals surface area contributed by atoms with E-state index < -0.39 is 0 Å². The molecule has 46 heavy (non-hydrogen) atoms. The summed E-state index contributed by atoms with van der Waals surface area (Å²) in [6.07, 6.45) is 10.7. The van der Waals surface area contributed by atoms with Crippen molar-refractivity contribution < 1.29 is 19.1 Å². The van der Waals surface area contributed by atoms with Crippen LogP contribution in [0, 0.1) is 18.8 Å². The third kappa shape index (κ3) is 8.31. The molecule has 0 bridgehead atoms. The lowest BCUT2D eigenvalue weighted by atomic mass is 9.78. The van der Waals surface area contributed by atoms with E-state index >= 15 is 0 Å². The van der Waals surface area contributed by atoms with E-state index in [0.717, 1.165) is 67.6 Å². The molecule has 0 unspecified atom stereocenters. The fourth-order valence-electron chi connectivity index (χ4n) is 7.11. The highest BCUT2D eigenvalue weighted by atomic mass is 16.6. The van der Waals surface area contributed by atoms with E-state index in [9.17, 15) is 9.59 Å². The second kappa shape index (κ2) is 15.2. The van der Waals surface area contributed by atoms with Crippen LogP contribution in [-0.2, 0) is 9.53 Å². The molecule has 0 atom stereocenters. The van der Waals surface area contributed by atoms with Crippen LogP contribution in [0.4, 0.5) is 10.5 Å². The van der Waals surface area contributed by atoms with Crippen LogP contribution in [0.5, 0.6) is 5.75 Å². The number of ether oxygens (including phenoxy) is 2. The Bertz CT molecular complexity index is 1460. The summed E-state index contributed by atoms with van der Waals surface area (Å²) in [7, 11) is 1.72. The molecule has 1 aromatic heterocycles. The zero-order chi connectivity index (χ0) is 32.8. The molecule has 5 rings (SSSR count). The van der Waals surface area contributed by atoms with E-state index in [-0.39, 0.29) is 36.1 Å². The smallest absolute Gasteiger partial charge is 0.407 e. The van der Waals surface area contributed by atoms with Gasteiger partial charge < -0.3 is 19.7 Å². The number of amides is 2. The van der Waals surface area contributed by atoms with Gasteiger partial charge in [0, 0.05) is 42.0 Å². The third-order valence-corrected chi connectivity index (χ3v) is 9.77. The van der Waals surface area contributed by atoms with Crippen molar-refractivity contribution >= 4 is 17.7 Å². The standard InChI is InChI=1S/C38H52N4O4/c1-25(2)40-38(44)46-35-17-14-30(15-18-35)37(43)41(34-9-7-8-31(21-34)33-22-39-42(24-33)26(3)4)23-28-10-12-29(13-11-28)32-16-19-36(45-6)27(5)20-32/h7-9,16,19-22,24-26,28-30,35H,10-15,17-18,23H2,1-6H3,(H,40,44)/t28-,29-,30-,35-. The van der Waals surface area contributed by atoms with Gasteiger partial charge in [0.15, 0.2) is 0 Å². The van der Waals surface area contributed by atoms with Crippen LogP contribution >= 0.6 is 0 Å². The quantitative estimate of drug-likeness (QED) is 0.244. The molecule has 8 nitrogen and oxygen atoms in total. The van der Waals surface area contributed by atoms with Crippen LogP contribution in [0.1, 0.15) is 102 Å². The number of alkyl carbamates (subject to hydrolysis) is 1. The minimum atomic E-state index is -0.371. The summed E-state index contributed by atoms with van der Waals surface area (Å²) in [6.45, 7) is 10.9. The van der Waals surface area contributed by atoms with Crippen molar-refractivity contribution in [3.05, 3.63) is 66.0 Å². The molecule has 0 radical (unpaired) electrons. The van der Waals surface area contributed by atoms with Crippen molar-refractivity contribution in [2.45, 2.75) is 110 Å². The first-order valence-electron chi connectivity index (χ1n) is 17.2. The normalized spacial score (nSPS) is 21.7. The fourth-order valence-corrected chi connectivity index (χ4v) is 7.11. The Morgan fingerprint density at radius 2 is 1.70 bits per heavy atom. The molecule has 0 saturated heterocycles. The molecule has 248 valence electrons. The highest BCUT2D eigenvalue weighted by Gasteiger charge is 2.34. The first-order valence-corrected chi connectivity index (χ1v) is 17.2. The number of aryl methyl sites for hydroxylation is 1. The van der Waals surface area contributed by atoms with E-state index in [1.807, 2.05) is 24.7 Å². The number of carbonyl (C=O) groups excluding carboxylic acids is 2. The second-order valence-corrected chi connectivity index (χ2v) is 13.9. The van der Waals surface area contributed by atoms with E-state index in [4.69, 9.17) is 9.47 Å². The summed E-state index contributed by atoms with van der Waals surface area (Å²) < 4.78 is 13.1. The number of methoxy groups -OCH3 is 1. The Morgan fingerprint density at radius 3 is 2.33 bits per heavy atom. The molecule has 2 fully saturated rings. The number of carbonyl (C=O) groups is 2. The first-order chi connectivity index (χ1) is 22.1. The average Bonchev–Trinajstić information content (AvgIpc) is 3.55. The van der Waals surface area contributed by atoms with Crippen LogP contribution in [0.15, 0.2) is 54.9 Å². The minimum absolute atomic E-state index is 0.0323. The SMILES string of the molecule is COc1ccc([C@H]2CC[C@H](CN(c3cccc(-c4cnn(C(C)C)c4)c3)C(=O)[C@H]3CC[C@H](OC(=O)NC(C)C)CC3)CC2)cc1C. The predicted octanol–water partition coefficient (Wildman–Crippen LogP) is 8.45. The maximum atomic E-state index is 14.3. The monoisotopic (exact) mass is 628 g/mol. The van der Waals surface area contributed by atoms with E-state index in [1.54, 1.807) is 7.11 Å². The molecule has 0 aliphatic heterocycles. The Hall–Kier alpha value is -3.81. The van der Waals surface area contributed by atoms with Crippen molar-refractivity contribution in [1.82, 2.24) is 15.1 Å². The lowest BCUT2D eigenvalue weighted by molar-refractivity contribution is -0.124. The van der Waals surface area contributed by atoms with Crippen molar-refractivity contribution in [2.75, 3.05) is 18.6 Å². The van der Waals surface area contributed by atoms with Gasteiger partial charge in [-0.2, -0.15) is 5.10 Å². The summed E-state index contributed by atoms with van der Waals surface area (Å²) >= 11 is 0. The van der Waals surface area contributed by atoms with Crippen LogP contribution in [0.3, 0.4) is 0 Å². The number of nitrogens with zero attached hydrogens (tertiary/aromatic N) is 3. The molecule has 2 saturated carbocycles. The molecule has 2 aromatic carbocycles. The molecule has 2 aliphatic rings. The zero-order valence-corrected chi connectivity index (χ0v) is 28.5. The number of benzene rings is 2. The maximum Gasteiger partial charge on any atom is 0.407 e. The summed E-state index contributed by atoms with van der Waals surface area (Å²) in [6, 6.07) is 15.3.